The molecule has 2 rings (SSSR count). The Morgan fingerprint density at radius 3 is 0.839 bits per heavy atom. The highest BCUT2D eigenvalue weighted by Gasteiger charge is 2.38. The van der Waals surface area contributed by atoms with E-state index in [-0.39, 0.29) is 12.1 Å². The predicted molar refractivity (Wildman–Crippen MR) is 89.5 cm³/mol. The van der Waals surface area contributed by atoms with E-state index in [0.717, 1.165) is 0 Å². The molecule has 0 unspecified atom stereocenters. The lowest BCUT2D eigenvalue weighted by molar-refractivity contribution is -0.145. The summed E-state index contributed by atoms with van der Waals surface area (Å²) in [4.78, 5) is -1.00. The van der Waals surface area contributed by atoms with Crippen LogP contribution in [0.4, 0.5) is 52.7 Å². The van der Waals surface area contributed by atoms with Gasteiger partial charge in [-0.1, -0.05) is 0 Å². The topological polar surface area (TPSA) is 0 Å². The van der Waals surface area contributed by atoms with Gasteiger partial charge < -0.3 is 0 Å². The summed E-state index contributed by atoms with van der Waals surface area (Å²) in [7, 11) is 0. The Hall–Kier alpha value is -1.70. The third-order valence-electron chi connectivity index (χ3n) is 3.57. The van der Waals surface area contributed by atoms with Crippen LogP contribution in [-0.4, -0.2) is 5.08 Å². The summed E-state index contributed by atoms with van der Waals surface area (Å²) in [6.45, 7) is 0. The first kappa shape index (κ1) is 25.6. The minimum Gasteiger partial charge on any atom is -0.166 e. The van der Waals surface area contributed by atoms with E-state index in [2.05, 4.69) is 0 Å². The molecule has 0 aliphatic heterocycles. The molecule has 2 aromatic carbocycles. The summed E-state index contributed by atoms with van der Waals surface area (Å²) in [5.41, 5.74) is -6.36. The van der Waals surface area contributed by atoms with Crippen molar-refractivity contribution in [3.63, 3.8) is 0 Å². The molecule has 0 saturated carbocycles. The summed E-state index contributed by atoms with van der Waals surface area (Å²) in [6.07, 6.45) is -20.4. The maximum absolute atomic E-state index is 12.8. The zero-order chi connectivity index (χ0) is 23.8. The highest BCUT2D eigenvalue weighted by atomic mass is 32.2. The van der Waals surface area contributed by atoms with Crippen LogP contribution in [0.15, 0.2) is 46.2 Å². The quantitative estimate of drug-likeness (QED) is 0.232. The molecule has 0 N–H and O–H groups in total. The third-order valence-corrected chi connectivity index (χ3v) is 5.65. The molecule has 2 aromatic rings. The zero-order valence-corrected chi connectivity index (χ0v) is 16.2. The van der Waals surface area contributed by atoms with Crippen molar-refractivity contribution in [3.8, 4) is 0 Å². The molecule has 0 spiro atoms. The lowest BCUT2D eigenvalue weighted by Gasteiger charge is -2.15. The summed E-state index contributed by atoms with van der Waals surface area (Å²) >= 11 is 0.806. The predicted octanol–water partition coefficient (Wildman–Crippen LogP) is 8.60. The van der Waals surface area contributed by atoms with E-state index >= 15 is 0 Å². The molecule has 31 heavy (non-hydrogen) atoms. The third kappa shape index (κ3) is 7.16. The van der Waals surface area contributed by atoms with Crippen LogP contribution in [0.25, 0.3) is 0 Å². The molecule has 0 aromatic heterocycles. The fourth-order valence-electron chi connectivity index (χ4n) is 2.18. The molecule has 0 radical (unpaired) electrons. The normalized spacial score (nSPS) is 13.5. The minimum atomic E-state index is -5.09. The number of rotatable bonds is 4. The molecule has 14 heteroatoms. The molecule has 0 saturated heterocycles. The Balaban J connectivity index is 2.29. The van der Waals surface area contributed by atoms with E-state index in [1.165, 1.54) is 0 Å². The van der Waals surface area contributed by atoms with Crippen molar-refractivity contribution in [2.24, 2.45) is 0 Å². The average Bonchev–Trinajstić information content (AvgIpc) is 2.58. The number of hydrogen-bond donors (Lipinski definition) is 0. The number of halogens is 12. The lowest BCUT2D eigenvalue weighted by atomic mass is 10.1. The molecule has 0 fully saturated rings. The van der Waals surface area contributed by atoms with Crippen LogP contribution >= 0.6 is 23.5 Å². The fraction of sp³-hybridized carbons (Fsp3) is 0.294. The summed E-state index contributed by atoms with van der Waals surface area (Å²) in [5.74, 6) is 0. The van der Waals surface area contributed by atoms with Gasteiger partial charge in [-0.15, -0.1) is 23.5 Å². The van der Waals surface area contributed by atoms with Gasteiger partial charge in [0.2, 0.25) is 0 Å². The number of benzene rings is 2. The second-order valence-electron chi connectivity index (χ2n) is 5.89. The molecule has 0 aliphatic carbocycles. The molecule has 0 heterocycles. The van der Waals surface area contributed by atoms with Crippen LogP contribution in [0.2, 0.25) is 0 Å². The molecule has 0 aliphatic rings. The van der Waals surface area contributed by atoms with Crippen LogP contribution in [0.1, 0.15) is 22.3 Å². The van der Waals surface area contributed by atoms with Crippen molar-refractivity contribution in [2.75, 3.05) is 5.08 Å². The smallest absolute Gasteiger partial charge is 0.166 e. The Morgan fingerprint density at radius 1 is 0.419 bits per heavy atom. The van der Waals surface area contributed by atoms with Gasteiger partial charge in [-0.2, -0.15) is 52.7 Å². The van der Waals surface area contributed by atoms with Crippen molar-refractivity contribution in [3.05, 3.63) is 58.7 Å². The van der Waals surface area contributed by atoms with Crippen molar-refractivity contribution in [2.45, 2.75) is 34.5 Å². The number of alkyl halides is 12. The van der Waals surface area contributed by atoms with Crippen LogP contribution in [0, 0.1) is 0 Å². The first-order chi connectivity index (χ1) is 13.9. The lowest BCUT2D eigenvalue weighted by Crippen LogP contribution is -2.11. The maximum atomic E-state index is 12.8. The zero-order valence-electron chi connectivity index (χ0n) is 14.5. The van der Waals surface area contributed by atoms with Crippen LogP contribution in [-0.2, 0) is 24.7 Å². The van der Waals surface area contributed by atoms with Gasteiger partial charge in [0.05, 0.1) is 22.3 Å². The average molecular weight is 504 g/mol. The fourth-order valence-corrected chi connectivity index (χ4v) is 4.35. The molecule has 172 valence electrons. The number of hydrogen-bond acceptors (Lipinski definition) is 2. The molecular weight excluding hydrogens is 496 g/mol. The van der Waals surface area contributed by atoms with E-state index in [1.54, 1.807) is 0 Å². The Kier molecular flexibility index (Phi) is 7.16. The Morgan fingerprint density at radius 2 is 0.645 bits per heavy atom. The van der Waals surface area contributed by atoms with E-state index in [4.69, 9.17) is 0 Å². The van der Waals surface area contributed by atoms with Crippen LogP contribution in [0.3, 0.4) is 0 Å². The van der Waals surface area contributed by atoms with Crippen molar-refractivity contribution in [1.82, 2.24) is 0 Å². The summed E-state index contributed by atoms with van der Waals surface area (Å²) < 4.78 is 154. The summed E-state index contributed by atoms with van der Waals surface area (Å²) in [6, 6.07) is 1.45. The van der Waals surface area contributed by atoms with Gasteiger partial charge in [0.25, 0.3) is 0 Å². The highest BCUT2D eigenvalue weighted by Crippen LogP contribution is 2.41. The van der Waals surface area contributed by atoms with Crippen molar-refractivity contribution >= 4 is 23.5 Å². The molecular formula is C17H8F12S2. The van der Waals surface area contributed by atoms with E-state index < -0.39 is 61.8 Å². The minimum absolute atomic E-state index is 0.0976. The monoisotopic (exact) mass is 504 g/mol. The number of thioether (sulfide) groups is 2. The van der Waals surface area contributed by atoms with Gasteiger partial charge in [0, 0.05) is 14.9 Å². The first-order valence-corrected chi connectivity index (χ1v) is 9.69. The Labute approximate surface area is 175 Å². The SMILES string of the molecule is FC(F)(F)c1cc(SCSc2cc(C(F)(F)F)cc(C(F)(F)F)c2)cc(C(F)(F)F)c1. The van der Waals surface area contributed by atoms with Gasteiger partial charge in [-0.3, -0.25) is 0 Å². The van der Waals surface area contributed by atoms with E-state index in [9.17, 15) is 52.7 Å². The second kappa shape index (κ2) is 8.68. The second-order valence-corrected chi connectivity index (χ2v) is 8.35. The highest BCUT2D eigenvalue weighted by molar-refractivity contribution is 8.16. The van der Waals surface area contributed by atoms with Crippen molar-refractivity contribution < 1.29 is 52.7 Å². The largest absolute Gasteiger partial charge is 0.416 e. The van der Waals surface area contributed by atoms with Gasteiger partial charge >= 0.3 is 24.7 Å². The van der Waals surface area contributed by atoms with Gasteiger partial charge in [-0.05, 0) is 36.4 Å². The molecule has 0 atom stereocenters. The van der Waals surface area contributed by atoms with Gasteiger partial charge in [-0.25, -0.2) is 0 Å². The van der Waals surface area contributed by atoms with E-state index in [1.807, 2.05) is 0 Å². The van der Waals surface area contributed by atoms with Crippen molar-refractivity contribution in [1.29, 1.82) is 0 Å². The van der Waals surface area contributed by atoms with Gasteiger partial charge in [0.15, 0.2) is 0 Å². The van der Waals surface area contributed by atoms with Gasteiger partial charge in [0.1, 0.15) is 0 Å². The maximum Gasteiger partial charge on any atom is 0.416 e. The molecule has 0 nitrogen and oxygen atoms in total. The molecule has 0 bridgehead atoms. The Bertz CT molecular complexity index is 783. The van der Waals surface area contributed by atoms with Crippen LogP contribution in [0.5, 0.6) is 0 Å². The van der Waals surface area contributed by atoms with Crippen LogP contribution < -0.4 is 0 Å². The standard InChI is InChI=1S/C17H8F12S2/c18-14(19,20)8-1-9(15(21,22)23)4-12(3-8)30-7-31-13-5-10(16(24,25)26)2-11(6-13)17(27,28)29/h1-6H,7H2. The first-order valence-electron chi connectivity index (χ1n) is 7.72. The van der Waals surface area contributed by atoms with E-state index in [0.29, 0.717) is 47.8 Å². The molecule has 0 amide bonds. The summed E-state index contributed by atoms with van der Waals surface area (Å²) in [5, 5.41) is -0.447.